The van der Waals surface area contributed by atoms with Gasteiger partial charge in [-0.25, -0.2) is 4.39 Å². The van der Waals surface area contributed by atoms with Crippen molar-refractivity contribution in [3.8, 4) is 0 Å². The Labute approximate surface area is 169 Å². The molecule has 4 aromatic rings. The lowest BCUT2D eigenvalue weighted by atomic mass is 9.71. The second-order valence-corrected chi connectivity index (χ2v) is 8.02. The third-order valence-electron chi connectivity index (χ3n) is 5.91. The minimum atomic E-state index is -0.403. The summed E-state index contributed by atoms with van der Waals surface area (Å²) in [5.74, 6) is -0.239. The molecule has 0 fully saturated rings. The normalized spacial score (nSPS) is 14.4. The van der Waals surface area contributed by atoms with Crippen LogP contribution in [0.2, 0.25) is 0 Å². The maximum Gasteiger partial charge on any atom is 0.150 e. The molecule has 142 valence electrons. The Morgan fingerprint density at radius 1 is 0.862 bits per heavy atom. The van der Waals surface area contributed by atoms with Crippen LogP contribution in [0.25, 0.3) is 10.8 Å². The molecule has 0 saturated carbocycles. The number of hydrogen-bond acceptors (Lipinski definition) is 2. The zero-order valence-electron chi connectivity index (χ0n) is 16.3. The minimum absolute atomic E-state index is 0.239. The van der Waals surface area contributed by atoms with Crippen LogP contribution in [0, 0.1) is 5.82 Å². The number of anilines is 3. The molecule has 0 atom stereocenters. The van der Waals surface area contributed by atoms with Gasteiger partial charge in [-0.3, -0.25) is 4.79 Å². The van der Waals surface area contributed by atoms with Gasteiger partial charge in [-0.05, 0) is 64.4 Å². The fraction of sp³-hybridized carbons (Fsp3) is 0.115. The molecule has 0 N–H and O–H groups in total. The van der Waals surface area contributed by atoms with Gasteiger partial charge >= 0.3 is 0 Å². The fourth-order valence-corrected chi connectivity index (χ4v) is 4.58. The molecule has 1 heterocycles. The Morgan fingerprint density at radius 3 is 2.38 bits per heavy atom. The van der Waals surface area contributed by atoms with Gasteiger partial charge in [-0.1, -0.05) is 50.2 Å². The standard InChI is InChI=1S/C26H20FNO/c1-26(2)22-15-19(27)10-13-23(22)28(20-6-4-3-5-7-20)24-12-9-18-14-17(16-29)8-11-21(18)25(24)26/h3-16H,1-2H3. The molecule has 0 aromatic heterocycles. The second-order valence-electron chi connectivity index (χ2n) is 8.02. The molecule has 1 aliphatic heterocycles. The van der Waals surface area contributed by atoms with Gasteiger partial charge in [0.25, 0.3) is 0 Å². The second kappa shape index (κ2) is 6.28. The van der Waals surface area contributed by atoms with E-state index in [1.165, 1.54) is 6.07 Å². The molecule has 3 heteroatoms. The molecule has 0 aliphatic carbocycles. The lowest BCUT2D eigenvalue weighted by Gasteiger charge is -2.42. The van der Waals surface area contributed by atoms with Gasteiger partial charge in [-0.2, -0.15) is 0 Å². The Hall–Kier alpha value is -3.46. The van der Waals surface area contributed by atoms with Crippen molar-refractivity contribution in [2.45, 2.75) is 19.3 Å². The van der Waals surface area contributed by atoms with E-state index in [-0.39, 0.29) is 5.82 Å². The summed E-state index contributed by atoms with van der Waals surface area (Å²) in [7, 11) is 0. The van der Waals surface area contributed by atoms with Gasteiger partial charge in [0.1, 0.15) is 12.1 Å². The van der Waals surface area contributed by atoms with Crippen LogP contribution >= 0.6 is 0 Å². The number of carbonyl (C=O) groups excluding carboxylic acids is 1. The van der Waals surface area contributed by atoms with E-state index in [0.29, 0.717) is 5.56 Å². The highest BCUT2D eigenvalue weighted by atomic mass is 19.1. The van der Waals surface area contributed by atoms with Gasteiger partial charge in [0.05, 0.1) is 11.4 Å². The molecule has 4 aromatic carbocycles. The smallest absolute Gasteiger partial charge is 0.150 e. The highest BCUT2D eigenvalue weighted by Crippen LogP contribution is 2.53. The number of halogens is 1. The summed E-state index contributed by atoms with van der Waals surface area (Å²) >= 11 is 0. The molecule has 0 saturated heterocycles. The molecule has 29 heavy (non-hydrogen) atoms. The van der Waals surface area contributed by atoms with Crippen LogP contribution in [0.15, 0.2) is 78.9 Å². The number of nitrogens with zero attached hydrogens (tertiary/aromatic N) is 1. The largest absolute Gasteiger partial charge is 0.310 e. The zero-order valence-corrected chi connectivity index (χ0v) is 16.3. The van der Waals surface area contributed by atoms with Crippen molar-refractivity contribution in [1.29, 1.82) is 0 Å². The average Bonchev–Trinajstić information content (AvgIpc) is 2.74. The van der Waals surface area contributed by atoms with E-state index >= 15 is 0 Å². The van der Waals surface area contributed by atoms with Crippen LogP contribution in [-0.2, 0) is 5.41 Å². The Morgan fingerprint density at radius 2 is 1.62 bits per heavy atom. The third-order valence-corrected chi connectivity index (χ3v) is 5.91. The summed E-state index contributed by atoms with van der Waals surface area (Å²) in [6.07, 6.45) is 0.866. The van der Waals surface area contributed by atoms with Gasteiger partial charge < -0.3 is 4.90 Å². The molecule has 0 bridgehead atoms. The minimum Gasteiger partial charge on any atom is -0.310 e. The molecule has 2 nitrogen and oxygen atoms in total. The summed E-state index contributed by atoms with van der Waals surface area (Å²) in [5, 5.41) is 2.09. The monoisotopic (exact) mass is 381 g/mol. The summed E-state index contributed by atoms with van der Waals surface area (Å²) in [4.78, 5) is 13.5. The third kappa shape index (κ3) is 2.58. The summed E-state index contributed by atoms with van der Waals surface area (Å²) in [5.41, 5.74) is 5.42. The first-order chi connectivity index (χ1) is 14.0. The van der Waals surface area contributed by atoms with Crippen molar-refractivity contribution < 1.29 is 9.18 Å². The van der Waals surface area contributed by atoms with E-state index in [0.717, 1.165) is 45.2 Å². The van der Waals surface area contributed by atoms with Crippen LogP contribution in [0.5, 0.6) is 0 Å². The first-order valence-corrected chi connectivity index (χ1v) is 9.68. The highest BCUT2D eigenvalue weighted by Gasteiger charge is 2.38. The Kier molecular flexibility index (Phi) is 3.82. The quantitative estimate of drug-likeness (QED) is 0.352. The maximum absolute atomic E-state index is 14.3. The van der Waals surface area contributed by atoms with E-state index in [9.17, 15) is 9.18 Å². The van der Waals surface area contributed by atoms with Crippen LogP contribution < -0.4 is 4.90 Å². The topological polar surface area (TPSA) is 20.3 Å². The number of rotatable bonds is 2. The molecule has 0 radical (unpaired) electrons. The molecular formula is C26H20FNO. The summed E-state index contributed by atoms with van der Waals surface area (Å²) in [6.45, 7) is 4.28. The van der Waals surface area contributed by atoms with E-state index in [2.05, 4.69) is 43.0 Å². The van der Waals surface area contributed by atoms with E-state index < -0.39 is 5.41 Å². The molecular weight excluding hydrogens is 361 g/mol. The predicted octanol–water partition coefficient (Wildman–Crippen LogP) is 6.90. The van der Waals surface area contributed by atoms with Crippen molar-refractivity contribution in [3.05, 3.63) is 101 Å². The number of aldehydes is 1. The molecule has 0 spiro atoms. The van der Waals surface area contributed by atoms with Crippen molar-refractivity contribution in [3.63, 3.8) is 0 Å². The van der Waals surface area contributed by atoms with Crippen LogP contribution in [-0.4, -0.2) is 6.29 Å². The number of fused-ring (bicyclic) bond motifs is 4. The van der Waals surface area contributed by atoms with Crippen LogP contribution in [0.4, 0.5) is 21.5 Å². The summed E-state index contributed by atoms with van der Waals surface area (Å²) < 4.78 is 14.3. The zero-order chi connectivity index (χ0) is 20.2. The highest BCUT2D eigenvalue weighted by molar-refractivity contribution is 5.99. The maximum atomic E-state index is 14.3. The Balaban J connectivity index is 1.90. The summed E-state index contributed by atoms with van der Waals surface area (Å²) in [6, 6.07) is 25.1. The van der Waals surface area contributed by atoms with Crippen LogP contribution in [0.3, 0.4) is 0 Å². The molecule has 5 rings (SSSR count). The first kappa shape index (κ1) is 17.6. The predicted molar refractivity (Wildman–Crippen MR) is 116 cm³/mol. The number of carbonyl (C=O) groups is 1. The van der Waals surface area contributed by atoms with Crippen molar-refractivity contribution in [2.24, 2.45) is 0 Å². The Bertz CT molecular complexity index is 1260. The van der Waals surface area contributed by atoms with Gasteiger partial charge in [-0.15, -0.1) is 0 Å². The lowest BCUT2D eigenvalue weighted by molar-refractivity contribution is 0.112. The SMILES string of the molecule is CC1(C)c2cc(F)ccc2N(c2ccccc2)c2ccc3cc(C=O)ccc3c21. The van der Waals surface area contributed by atoms with Crippen molar-refractivity contribution in [1.82, 2.24) is 0 Å². The number of benzene rings is 4. The first-order valence-electron chi connectivity index (χ1n) is 9.68. The molecule has 0 unspecified atom stereocenters. The van der Waals surface area contributed by atoms with E-state index in [4.69, 9.17) is 0 Å². The van der Waals surface area contributed by atoms with Gasteiger partial charge in [0.2, 0.25) is 0 Å². The molecule has 0 amide bonds. The van der Waals surface area contributed by atoms with Crippen molar-refractivity contribution in [2.75, 3.05) is 4.90 Å². The van der Waals surface area contributed by atoms with Crippen molar-refractivity contribution >= 4 is 34.1 Å². The number of hydrogen-bond donors (Lipinski definition) is 0. The van der Waals surface area contributed by atoms with E-state index in [1.54, 1.807) is 6.07 Å². The van der Waals surface area contributed by atoms with E-state index in [1.807, 2.05) is 42.5 Å². The fourth-order valence-electron chi connectivity index (χ4n) is 4.58. The molecule has 1 aliphatic rings. The average molecular weight is 381 g/mol. The van der Waals surface area contributed by atoms with Crippen LogP contribution in [0.1, 0.15) is 35.3 Å². The lowest BCUT2D eigenvalue weighted by Crippen LogP contribution is -2.31. The van der Waals surface area contributed by atoms with Gasteiger partial charge in [0.15, 0.2) is 0 Å². The van der Waals surface area contributed by atoms with Gasteiger partial charge in [0, 0.05) is 16.7 Å². The number of para-hydroxylation sites is 1.